The van der Waals surface area contributed by atoms with E-state index in [1.54, 1.807) is 0 Å². The highest BCUT2D eigenvalue weighted by Crippen LogP contribution is 2.30. The second-order valence-electron chi connectivity index (χ2n) is 5.25. The largest absolute Gasteiger partial charge is 0.392 e. The van der Waals surface area contributed by atoms with Gasteiger partial charge in [-0.15, -0.1) is 0 Å². The number of nitrogens with zero attached hydrogens (tertiary/aromatic N) is 3. The van der Waals surface area contributed by atoms with Crippen LogP contribution < -0.4 is 0 Å². The fraction of sp³-hybridized carbons (Fsp3) is 0.467. The number of aliphatic hydroxyl groups is 1. The van der Waals surface area contributed by atoms with E-state index in [9.17, 15) is 0 Å². The Morgan fingerprint density at radius 2 is 2.00 bits per heavy atom. The van der Waals surface area contributed by atoms with Crippen LogP contribution in [0.2, 0.25) is 0 Å². The van der Waals surface area contributed by atoms with Gasteiger partial charge in [0.25, 0.3) is 0 Å². The van der Waals surface area contributed by atoms with E-state index >= 15 is 0 Å². The number of rotatable bonds is 4. The molecule has 1 fully saturated rings. The van der Waals surface area contributed by atoms with E-state index < -0.39 is 0 Å². The summed E-state index contributed by atoms with van der Waals surface area (Å²) in [6.07, 6.45) is 4.90. The van der Waals surface area contributed by atoms with Crippen LogP contribution in [0.25, 0.3) is 0 Å². The normalized spacial score (nSPS) is 20.1. The number of piperidine rings is 1. The van der Waals surface area contributed by atoms with Crippen molar-refractivity contribution in [2.75, 3.05) is 6.54 Å². The van der Waals surface area contributed by atoms with Gasteiger partial charge in [0.1, 0.15) is 0 Å². The Kier molecular flexibility index (Phi) is 4.08. The molecule has 3 rings (SSSR count). The van der Waals surface area contributed by atoms with Gasteiger partial charge >= 0.3 is 0 Å². The molecule has 106 valence electrons. The van der Waals surface area contributed by atoms with Crippen LogP contribution >= 0.6 is 0 Å². The minimum Gasteiger partial charge on any atom is -0.392 e. The van der Waals surface area contributed by atoms with E-state index in [4.69, 9.17) is 9.63 Å². The SMILES string of the molecule is OCc1ccc(CN2CCCCC2c2ncon2)cc1. The van der Waals surface area contributed by atoms with Gasteiger partial charge in [-0.25, -0.2) is 0 Å². The summed E-state index contributed by atoms with van der Waals surface area (Å²) < 4.78 is 4.88. The second kappa shape index (κ2) is 6.15. The number of aliphatic hydroxyl groups excluding tert-OH is 1. The van der Waals surface area contributed by atoms with E-state index in [0.29, 0.717) is 0 Å². The third-order valence-corrected chi connectivity index (χ3v) is 3.88. The van der Waals surface area contributed by atoms with Gasteiger partial charge in [0.15, 0.2) is 5.82 Å². The molecule has 5 heteroatoms. The summed E-state index contributed by atoms with van der Waals surface area (Å²) in [7, 11) is 0. The molecule has 5 nitrogen and oxygen atoms in total. The van der Waals surface area contributed by atoms with Crippen LogP contribution in [0.5, 0.6) is 0 Å². The Morgan fingerprint density at radius 1 is 1.20 bits per heavy atom. The molecule has 1 unspecified atom stereocenters. The Hall–Kier alpha value is -1.72. The molecule has 1 aromatic carbocycles. The number of hydrogen-bond donors (Lipinski definition) is 1. The Morgan fingerprint density at radius 3 is 2.70 bits per heavy atom. The van der Waals surface area contributed by atoms with Crippen molar-refractivity contribution in [1.29, 1.82) is 0 Å². The van der Waals surface area contributed by atoms with Gasteiger partial charge in [0.2, 0.25) is 6.39 Å². The van der Waals surface area contributed by atoms with Crippen molar-refractivity contribution < 1.29 is 9.63 Å². The van der Waals surface area contributed by atoms with Crippen molar-refractivity contribution >= 4 is 0 Å². The lowest BCUT2D eigenvalue weighted by Crippen LogP contribution is -2.33. The fourth-order valence-electron chi connectivity index (χ4n) is 2.78. The monoisotopic (exact) mass is 273 g/mol. The van der Waals surface area contributed by atoms with Gasteiger partial charge in [0, 0.05) is 6.54 Å². The third-order valence-electron chi connectivity index (χ3n) is 3.88. The molecule has 2 aromatic rings. The quantitative estimate of drug-likeness (QED) is 0.926. The Bertz CT molecular complexity index is 525. The second-order valence-corrected chi connectivity index (χ2v) is 5.25. The molecule has 2 heterocycles. The van der Waals surface area contributed by atoms with E-state index in [1.807, 2.05) is 12.1 Å². The molecule has 1 aliphatic heterocycles. The average molecular weight is 273 g/mol. The summed E-state index contributed by atoms with van der Waals surface area (Å²) in [5, 5.41) is 13.1. The van der Waals surface area contributed by atoms with E-state index in [1.165, 1.54) is 24.8 Å². The van der Waals surface area contributed by atoms with Crippen LogP contribution in [-0.4, -0.2) is 26.7 Å². The molecule has 1 aliphatic rings. The molecule has 1 aromatic heterocycles. The first-order valence-corrected chi connectivity index (χ1v) is 7.06. The van der Waals surface area contributed by atoms with Gasteiger partial charge in [0.05, 0.1) is 12.6 Å². The molecule has 0 bridgehead atoms. The van der Waals surface area contributed by atoms with Gasteiger partial charge in [-0.1, -0.05) is 35.8 Å². The molecule has 0 radical (unpaired) electrons. The highest BCUT2D eigenvalue weighted by atomic mass is 16.5. The first-order valence-electron chi connectivity index (χ1n) is 7.06. The molecule has 0 amide bonds. The van der Waals surface area contributed by atoms with Crippen LogP contribution in [0.1, 0.15) is 42.3 Å². The van der Waals surface area contributed by atoms with E-state index in [2.05, 4.69) is 27.2 Å². The minimum atomic E-state index is 0.0927. The molecular weight excluding hydrogens is 254 g/mol. The summed E-state index contributed by atoms with van der Waals surface area (Å²) in [5.74, 6) is 0.789. The Balaban J connectivity index is 1.73. The summed E-state index contributed by atoms with van der Waals surface area (Å²) in [6.45, 7) is 2.03. The highest BCUT2D eigenvalue weighted by Gasteiger charge is 2.27. The van der Waals surface area contributed by atoms with Crippen molar-refractivity contribution in [3.8, 4) is 0 Å². The Labute approximate surface area is 118 Å². The van der Waals surface area contributed by atoms with Gasteiger partial charge in [-0.3, -0.25) is 4.90 Å². The highest BCUT2D eigenvalue weighted by molar-refractivity contribution is 5.22. The zero-order chi connectivity index (χ0) is 13.8. The summed E-state index contributed by atoms with van der Waals surface area (Å²) in [5.41, 5.74) is 2.19. The maximum atomic E-state index is 9.08. The molecule has 1 N–H and O–H groups in total. The smallest absolute Gasteiger partial charge is 0.213 e. The van der Waals surface area contributed by atoms with Crippen LogP contribution in [0, 0.1) is 0 Å². The van der Waals surface area contributed by atoms with Crippen LogP contribution in [0.3, 0.4) is 0 Å². The minimum absolute atomic E-state index is 0.0927. The van der Waals surface area contributed by atoms with Gasteiger partial charge < -0.3 is 9.63 Å². The van der Waals surface area contributed by atoms with Crippen molar-refractivity contribution in [2.24, 2.45) is 0 Å². The molecule has 20 heavy (non-hydrogen) atoms. The lowest BCUT2D eigenvalue weighted by Gasteiger charge is -2.33. The fourth-order valence-corrected chi connectivity index (χ4v) is 2.78. The predicted molar refractivity (Wildman–Crippen MR) is 73.7 cm³/mol. The number of aromatic nitrogens is 2. The summed E-state index contributed by atoms with van der Waals surface area (Å²) >= 11 is 0. The van der Waals surface area contributed by atoms with Gasteiger partial charge in [-0.05, 0) is 30.5 Å². The zero-order valence-corrected chi connectivity index (χ0v) is 11.4. The van der Waals surface area contributed by atoms with Crippen molar-refractivity contribution in [1.82, 2.24) is 15.0 Å². The molecule has 0 aliphatic carbocycles. The lowest BCUT2D eigenvalue weighted by molar-refractivity contribution is 0.131. The zero-order valence-electron chi connectivity index (χ0n) is 11.4. The first-order chi connectivity index (χ1) is 9.86. The van der Waals surface area contributed by atoms with E-state index in [-0.39, 0.29) is 12.6 Å². The first kappa shape index (κ1) is 13.3. The van der Waals surface area contributed by atoms with Crippen LogP contribution in [-0.2, 0) is 13.2 Å². The number of hydrogen-bond acceptors (Lipinski definition) is 5. The molecular formula is C15H19N3O2. The molecule has 1 atom stereocenters. The maximum Gasteiger partial charge on any atom is 0.213 e. The average Bonchev–Trinajstić information content (AvgIpc) is 3.03. The number of likely N-dealkylation sites (tertiary alicyclic amines) is 1. The van der Waals surface area contributed by atoms with Crippen molar-refractivity contribution in [3.05, 3.63) is 47.6 Å². The maximum absolute atomic E-state index is 9.08. The van der Waals surface area contributed by atoms with Crippen molar-refractivity contribution in [2.45, 2.75) is 38.5 Å². The van der Waals surface area contributed by atoms with Crippen molar-refractivity contribution in [3.63, 3.8) is 0 Å². The van der Waals surface area contributed by atoms with Gasteiger partial charge in [-0.2, -0.15) is 4.98 Å². The molecule has 0 saturated carbocycles. The lowest BCUT2D eigenvalue weighted by atomic mass is 10.0. The molecule has 1 saturated heterocycles. The predicted octanol–water partition coefficient (Wildman–Crippen LogP) is 2.29. The third kappa shape index (κ3) is 2.89. The molecule has 0 spiro atoms. The number of benzene rings is 1. The summed E-state index contributed by atoms with van der Waals surface area (Å²) in [4.78, 5) is 6.61. The topological polar surface area (TPSA) is 62.4 Å². The van der Waals surface area contributed by atoms with Crippen LogP contribution in [0.15, 0.2) is 35.2 Å². The van der Waals surface area contributed by atoms with Crippen LogP contribution in [0.4, 0.5) is 0 Å². The summed E-state index contributed by atoms with van der Waals surface area (Å²) in [6, 6.07) is 8.35. The van der Waals surface area contributed by atoms with E-state index in [0.717, 1.165) is 30.9 Å². The standard InChI is InChI=1S/C15H19N3O2/c19-10-13-6-4-12(5-7-13)9-18-8-2-1-3-14(18)15-16-11-20-17-15/h4-7,11,14,19H,1-3,8-10H2.